The predicted octanol–water partition coefficient (Wildman–Crippen LogP) is 3.70. The van der Waals surface area contributed by atoms with Gasteiger partial charge in [0.05, 0.1) is 18.8 Å². The minimum Gasteiger partial charge on any atom is -0.376 e. The SMILES string of the molecule is c1ccc(Cn2ccc(CN3CCC(OCC4CCCO4)CC3)c2)cc1. The molecule has 3 heterocycles. The van der Waals surface area contributed by atoms with Gasteiger partial charge in [0.25, 0.3) is 0 Å². The van der Waals surface area contributed by atoms with Gasteiger partial charge in [0.15, 0.2) is 0 Å². The van der Waals surface area contributed by atoms with Gasteiger partial charge in [-0.1, -0.05) is 30.3 Å². The van der Waals surface area contributed by atoms with Crippen LogP contribution in [0.15, 0.2) is 48.8 Å². The number of benzene rings is 1. The Hall–Kier alpha value is -1.62. The molecule has 4 nitrogen and oxygen atoms in total. The standard InChI is InChI=1S/C22H30N2O2/c1-2-5-19(6-3-1)15-24-11-8-20(17-24)16-23-12-9-21(10-13-23)26-18-22-7-4-14-25-22/h1-3,5-6,8,11,17,21-22H,4,7,9-10,12-16,18H2. The number of hydrogen-bond donors (Lipinski definition) is 0. The van der Waals surface area contributed by atoms with Crippen LogP contribution in [0.4, 0.5) is 0 Å². The number of hydrogen-bond acceptors (Lipinski definition) is 3. The van der Waals surface area contributed by atoms with Gasteiger partial charge in [-0.2, -0.15) is 0 Å². The van der Waals surface area contributed by atoms with Crippen molar-refractivity contribution in [3.63, 3.8) is 0 Å². The molecule has 2 aliphatic rings. The maximum atomic E-state index is 6.08. The summed E-state index contributed by atoms with van der Waals surface area (Å²) in [5.41, 5.74) is 2.75. The van der Waals surface area contributed by atoms with Crippen molar-refractivity contribution in [3.05, 3.63) is 59.9 Å². The van der Waals surface area contributed by atoms with Crippen LogP contribution in [-0.2, 0) is 22.6 Å². The summed E-state index contributed by atoms with van der Waals surface area (Å²) in [6, 6.07) is 12.9. The molecule has 2 aromatic rings. The van der Waals surface area contributed by atoms with Crippen LogP contribution in [0, 0.1) is 0 Å². The van der Waals surface area contributed by atoms with Gasteiger partial charge in [0, 0.05) is 45.2 Å². The van der Waals surface area contributed by atoms with Crippen molar-refractivity contribution in [2.75, 3.05) is 26.3 Å². The zero-order chi connectivity index (χ0) is 17.6. The molecule has 140 valence electrons. The minimum atomic E-state index is 0.345. The molecule has 0 radical (unpaired) electrons. The fourth-order valence-corrected chi connectivity index (χ4v) is 3.99. The number of aromatic nitrogens is 1. The fraction of sp³-hybridized carbons (Fsp3) is 0.545. The quantitative estimate of drug-likeness (QED) is 0.758. The Morgan fingerprint density at radius 2 is 1.81 bits per heavy atom. The summed E-state index contributed by atoms with van der Waals surface area (Å²) in [5.74, 6) is 0. The Labute approximate surface area is 156 Å². The van der Waals surface area contributed by atoms with Gasteiger partial charge >= 0.3 is 0 Å². The number of ether oxygens (including phenoxy) is 2. The molecule has 26 heavy (non-hydrogen) atoms. The van der Waals surface area contributed by atoms with E-state index in [2.05, 4.69) is 58.3 Å². The first-order valence-corrected chi connectivity index (χ1v) is 9.99. The lowest BCUT2D eigenvalue weighted by Crippen LogP contribution is -2.37. The first-order valence-electron chi connectivity index (χ1n) is 9.99. The predicted molar refractivity (Wildman–Crippen MR) is 103 cm³/mol. The van der Waals surface area contributed by atoms with E-state index in [0.29, 0.717) is 12.2 Å². The Morgan fingerprint density at radius 3 is 2.58 bits per heavy atom. The molecule has 1 aromatic carbocycles. The maximum absolute atomic E-state index is 6.08. The minimum absolute atomic E-state index is 0.345. The molecule has 2 saturated heterocycles. The summed E-state index contributed by atoms with van der Waals surface area (Å²) in [7, 11) is 0. The van der Waals surface area contributed by atoms with Crippen molar-refractivity contribution in [2.24, 2.45) is 0 Å². The maximum Gasteiger partial charge on any atom is 0.0809 e. The summed E-state index contributed by atoms with van der Waals surface area (Å²) in [6.07, 6.45) is 9.87. The molecule has 1 atom stereocenters. The molecule has 0 spiro atoms. The van der Waals surface area contributed by atoms with Gasteiger partial charge in [-0.05, 0) is 42.9 Å². The fourth-order valence-electron chi connectivity index (χ4n) is 3.99. The van der Waals surface area contributed by atoms with Crippen molar-refractivity contribution >= 4 is 0 Å². The van der Waals surface area contributed by atoms with E-state index in [1.807, 2.05) is 0 Å². The summed E-state index contributed by atoms with van der Waals surface area (Å²) in [5, 5.41) is 0. The van der Waals surface area contributed by atoms with Crippen molar-refractivity contribution in [1.29, 1.82) is 0 Å². The third-order valence-corrected chi connectivity index (χ3v) is 5.50. The largest absolute Gasteiger partial charge is 0.376 e. The second kappa shape index (κ2) is 8.85. The van der Waals surface area contributed by atoms with Crippen molar-refractivity contribution in [2.45, 2.75) is 51.0 Å². The Bertz CT molecular complexity index is 656. The van der Waals surface area contributed by atoms with Crippen LogP contribution in [-0.4, -0.2) is 48.0 Å². The molecule has 4 heteroatoms. The van der Waals surface area contributed by atoms with Crippen LogP contribution in [0.3, 0.4) is 0 Å². The highest BCUT2D eigenvalue weighted by Crippen LogP contribution is 2.19. The molecule has 4 rings (SSSR count). The third-order valence-electron chi connectivity index (χ3n) is 5.50. The van der Waals surface area contributed by atoms with E-state index < -0.39 is 0 Å². The van der Waals surface area contributed by atoms with Gasteiger partial charge in [-0.25, -0.2) is 0 Å². The summed E-state index contributed by atoms with van der Waals surface area (Å²) in [4.78, 5) is 2.55. The highest BCUT2D eigenvalue weighted by molar-refractivity contribution is 5.17. The van der Waals surface area contributed by atoms with Crippen LogP contribution >= 0.6 is 0 Å². The summed E-state index contributed by atoms with van der Waals surface area (Å²) < 4.78 is 14.0. The van der Waals surface area contributed by atoms with Crippen molar-refractivity contribution < 1.29 is 9.47 Å². The van der Waals surface area contributed by atoms with Gasteiger partial charge in [-0.3, -0.25) is 4.90 Å². The summed E-state index contributed by atoms with van der Waals surface area (Å²) in [6.45, 7) is 5.93. The molecule has 0 aliphatic carbocycles. The van der Waals surface area contributed by atoms with Crippen LogP contribution in [0.25, 0.3) is 0 Å². The number of piperidine rings is 1. The lowest BCUT2D eigenvalue weighted by molar-refractivity contribution is -0.0426. The van der Waals surface area contributed by atoms with E-state index >= 15 is 0 Å². The van der Waals surface area contributed by atoms with Crippen molar-refractivity contribution in [3.8, 4) is 0 Å². The van der Waals surface area contributed by atoms with E-state index in [1.54, 1.807) is 0 Å². The topological polar surface area (TPSA) is 26.6 Å². The molecule has 0 N–H and O–H groups in total. The van der Waals surface area contributed by atoms with E-state index in [0.717, 1.165) is 52.2 Å². The molecular formula is C22H30N2O2. The third kappa shape index (κ3) is 4.97. The van der Waals surface area contributed by atoms with Crippen LogP contribution in [0.5, 0.6) is 0 Å². The van der Waals surface area contributed by atoms with Crippen LogP contribution in [0.1, 0.15) is 36.8 Å². The van der Waals surface area contributed by atoms with Crippen molar-refractivity contribution in [1.82, 2.24) is 9.47 Å². The molecule has 1 aromatic heterocycles. The molecule has 0 bridgehead atoms. The second-order valence-corrected chi connectivity index (χ2v) is 7.62. The van der Waals surface area contributed by atoms with Gasteiger partial charge in [0.2, 0.25) is 0 Å². The highest BCUT2D eigenvalue weighted by atomic mass is 16.5. The highest BCUT2D eigenvalue weighted by Gasteiger charge is 2.22. The lowest BCUT2D eigenvalue weighted by Gasteiger charge is -2.32. The lowest BCUT2D eigenvalue weighted by atomic mass is 10.1. The number of nitrogens with zero attached hydrogens (tertiary/aromatic N) is 2. The Morgan fingerprint density at radius 1 is 0.962 bits per heavy atom. The van der Waals surface area contributed by atoms with E-state index in [9.17, 15) is 0 Å². The molecule has 0 saturated carbocycles. The second-order valence-electron chi connectivity index (χ2n) is 7.62. The van der Waals surface area contributed by atoms with Crippen LogP contribution in [0.2, 0.25) is 0 Å². The monoisotopic (exact) mass is 354 g/mol. The van der Waals surface area contributed by atoms with E-state index in [1.165, 1.54) is 24.0 Å². The normalized spacial score (nSPS) is 22.1. The average Bonchev–Trinajstić information content (AvgIpc) is 3.34. The van der Waals surface area contributed by atoms with Gasteiger partial charge in [-0.15, -0.1) is 0 Å². The number of rotatable bonds is 7. The van der Waals surface area contributed by atoms with Gasteiger partial charge in [0.1, 0.15) is 0 Å². The molecule has 2 fully saturated rings. The first kappa shape index (κ1) is 17.8. The van der Waals surface area contributed by atoms with Gasteiger partial charge < -0.3 is 14.0 Å². The smallest absolute Gasteiger partial charge is 0.0809 e. The molecule has 1 unspecified atom stereocenters. The number of likely N-dealkylation sites (tertiary alicyclic amines) is 1. The molecule has 0 amide bonds. The Kier molecular flexibility index (Phi) is 6.05. The molecule has 2 aliphatic heterocycles. The van der Waals surface area contributed by atoms with Crippen LogP contribution < -0.4 is 0 Å². The molecular weight excluding hydrogens is 324 g/mol. The zero-order valence-corrected chi connectivity index (χ0v) is 15.6. The van der Waals surface area contributed by atoms with E-state index in [-0.39, 0.29) is 0 Å². The van der Waals surface area contributed by atoms with E-state index in [4.69, 9.17) is 9.47 Å². The average molecular weight is 354 g/mol. The zero-order valence-electron chi connectivity index (χ0n) is 15.6. The first-order chi connectivity index (χ1) is 12.8. The Balaban J connectivity index is 1.19. The summed E-state index contributed by atoms with van der Waals surface area (Å²) >= 11 is 0.